The predicted molar refractivity (Wildman–Crippen MR) is 25.1 cm³/mol. The Labute approximate surface area is 68.8 Å². The van der Waals surface area contributed by atoms with E-state index < -0.39 is 24.5 Å². The summed E-state index contributed by atoms with van der Waals surface area (Å²) in [5.41, 5.74) is 0. The minimum Gasteiger partial charge on any atom is -0.533 e. The van der Waals surface area contributed by atoms with Crippen molar-refractivity contribution in [3.05, 3.63) is 6.10 Å². The van der Waals surface area contributed by atoms with E-state index in [1.165, 1.54) is 0 Å². The van der Waals surface area contributed by atoms with Gasteiger partial charge in [-0.25, -0.2) is 0 Å². The molecule has 0 aliphatic rings. The minimum atomic E-state index is -1.60. The molecule has 10 heavy (non-hydrogen) atoms. The molecule has 0 atom stereocenters. The Morgan fingerprint density at radius 1 is 1.30 bits per heavy atom. The summed E-state index contributed by atoms with van der Waals surface area (Å²) < 4.78 is 0. The van der Waals surface area contributed by atoms with E-state index >= 15 is 0 Å². The molecule has 0 radical (unpaired) electrons. The average molecular weight is 140 g/mol. The van der Waals surface area contributed by atoms with Gasteiger partial charge in [0.05, 0.1) is 0 Å². The molecule has 0 aromatic heterocycles. The first-order chi connectivity index (χ1) is 4.04. The first kappa shape index (κ1) is 12.1. The third-order valence-corrected chi connectivity index (χ3v) is 0.566. The zero-order valence-electron chi connectivity index (χ0n) is 5.37. The van der Waals surface area contributed by atoms with Gasteiger partial charge in [-0.3, -0.25) is 9.59 Å². The van der Waals surface area contributed by atoms with E-state index in [1.54, 1.807) is 0 Å². The summed E-state index contributed by atoms with van der Waals surface area (Å²) in [7, 11) is 0. The quantitative estimate of drug-likeness (QED) is 0.278. The van der Waals surface area contributed by atoms with Crippen LogP contribution in [0.5, 0.6) is 0 Å². The predicted octanol–water partition coefficient (Wildman–Crippen LogP) is -3.55. The third kappa shape index (κ3) is 5.50. The number of hydrogen-bond donors (Lipinski definition) is 3. The van der Waals surface area contributed by atoms with Gasteiger partial charge >= 0.3 is 18.9 Å². The van der Waals surface area contributed by atoms with Gasteiger partial charge in [-0.1, -0.05) is 0 Å². The molecule has 0 saturated carbocycles. The number of rotatable bonds is 3. The second-order valence-corrected chi connectivity index (χ2v) is 1.32. The van der Waals surface area contributed by atoms with E-state index in [-0.39, 0.29) is 18.9 Å². The van der Waals surface area contributed by atoms with Gasteiger partial charge in [-0.05, 0) is 6.42 Å². The molecule has 0 aromatic rings. The summed E-state index contributed by atoms with van der Waals surface area (Å²) in [6.45, 7) is 0. The van der Waals surface area contributed by atoms with E-state index in [0.29, 0.717) is 0 Å². The molecule has 0 aliphatic heterocycles. The number of hydrogen-bond acceptors (Lipinski definition) is 3. The van der Waals surface area contributed by atoms with Crippen molar-refractivity contribution in [2.24, 2.45) is 0 Å². The van der Waals surface area contributed by atoms with Crippen LogP contribution in [0.1, 0.15) is 6.42 Å². The van der Waals surface area contributed by atoms with Crippen LogP contribution in [0.25, 0.3) is 0 Å². The molecule has 0 amide bonds. The SMILES string of the molecule is O=C(O)C[C-](O)C(=O)O.[Li+]. The first-order valence-electron chi connectivity index (χ1n) is 2.04. The monoisotopic (exact) mass is 140 g/mol. The molecule has 0 heterocycles. The molecule has 0 aromatic carbocycles. The van der Waals surface area contributed by atoms with E-state index in [9.17, 15) is 9.59 Å². The molecule has 0 aliphatic carbocycles. The maximum Gasteiger partial charge on any atom is 1.00 e. The smallest absolute Gasteiger partial charge is 0.533 e. The average Bonchev–Trinajstić information content (AvgIpc) is 1.63. The molecule has 0 spiro atoms. The number of aliphatic hydroxyl groups excluding tert-OH is 1. The maximum absolute atomic E-state index is 9.68. The fraction of sp³-hybridized carbons (Fsp3) is 0.250. The Bertz CT molecular complexity index is 134. The fourth-order valence-electron chi connectivity index (χ4n) is 0.219. The van der Waals surface area contributed by atoms with Gasteiger partial charge in [-0.15, -0.1) is 6.10 Å². The Hall–Kier alpha value is -0.633. The first-order valence-corrected chi connectivity index (χ1v) is 2.04. The molecule has 6 heteroatoms. The van der Waals surface area contributed by atoms with Gasteiger partial charge in [-0.2, -0.15) is 0 Å². The van der Waals surface area contributed by atoms with Gasteiger partial charge < -0.3 is 15.3 Å². The van der Waals surface area contributed by atoms with E-state index in [4.69, 9.17) is 15.3 Å². The number of aliphatic hydroxyl groups is 1. The molecular weight excluding hydrogens is 135 g/mol. The zero-order valence-corrected chi connectivity index (χ0v) is 5.37. The van der Waals surface area contributed by atoms with Crippen molar-refractivity contribution in [1.29, 1.82) is 0 Å². The molecule has 0 bridgehead atoms. The van der Waals surface area contributed by atoms with Crippen LogP contribution in [0.15, 0.2) is 0 Å². The van der Waals surface area contributed by atoms with Crippen LogP contribution in [-0.4, -0.2) is 27.3 Å². The topological polar surface area (TPSA) is 94.8 Å². The van der Waals surface area contributed by atoms with Crippen LogP contribution in [0.4, 0.5) is 0 Å². The van der Waals surface area contributed by atoms with Crippen molar-refractivity contribution in [2.75, 3.05) is 0 Å². The number of aliphatic carboxylic acids is 2. The van der Waals surface area contributed by atoms with Crippen molar-refractivity contribution < 1.29 is 43.8 Å². The second-order valence-electron chi connectivity index (χ2n) is 1.32. The Balaban J connectivity index is 0. The van der Waals surface area contributed by atoms with Crippen LogP contribution in [0.2, 0.25) is 0 Å². The summed E-state index contributed by atoms with van der Waals surface area (Å²) in [4.78, 5) is 19.4. The van der Waals surface area contributed by atoms with E-state index in [0.717, 1.165) is 0 Å². The normalized spacial score (nSPS) is 7.70. The molecule has 52 valence electrons. The van der Waals surface area contributed by atoms with E-state index in [1.807, 2.05) is 0 Å². The van der Waals surface area contributed by atoms with Gasteiger partial charge in [0, 0.05) is 0 Å². The Kier molecular flexibility index (Phi) is 6.25. The third-order valence-electron chi connectivity index (χ3n) is 0.566. The van der Waals surface area contributed by atoms with E-state index in [2.05, 4.69) is 0 Å². The summed E-state index contributed by atoms with van der Waals surface area (Å²) in [6, 6.07) is 0. The molecule has 0 unspecified atom stereocenters. The summed E-state index contributed by atoms with van der Waals surface area (Å²) >= 11 is 0. The number of carboxylic acid groups (broad SMARTS) is 2. The Morgan fingerprint density at radius 3 is 1.80 bits per heavy atom. The minimum absolute atomic E-state index is 0. The summed E-state index contributed by atoms with van der Waals surface area (Å²) in [5.74, 6) is -2.97. The molecule has 0 rings (SSSR count). The van der Waals surface area contributed by atoms with Crippen molar-refractivity contribution in [3.8, 4) is 0 Å². The van der Waals surface area contributed by atoms with Crippen LogP contribution in [0, 0.1) is 6.10 Å². The van der Waals surface area contributed by atoms with Gasteiger partial charge in [0.1, 0.15) is 0 Å². The van der Waals surface area contributed by atoms with Crippen LogP contribution < -0.4 is 18.9 Å². The van der Waals surface area contributed by atoms with Crippen LogP contribution in [-0.2, 0) is 9.59 Å². The number of carboxylic acids is 2. The van der Waals surface area contributed by atoms with Crippen molar-refractivity contribution >= 4 is 11.9 Å². The van der Waals surface area contributed by atoms with Crippen molar-refractivity contribution in [2.45, 2.75) is 6.42 Å². The summed E-state index contributed by atoms with van der Waals surface area (Å²) in [5, 5.41) is 24.0. The van der Waals surface area contributed by atoms with Crippen molar-refractivity contribution in [1.82, 2.24) is 0 Å². The molecular formula is C4H5LiO5. The number of carbonyl (C=O) groups is 2. The van der Waals surface area contributed by atoms with Crippen molar-refractivity contribution in [3.63, 3.8) is 0 Å². The summed E-state index contributed by atoms with van der Waals surface area (Å²) in [6.07, 6.45) is -1.89. The van der Waals surface area contributed by atoms with Crippen LogP contribution >= 0.6 is 0 Å². The van der Waals surface area contributed by atoms with Crippen LogP contribution in [0.3, 0.4) is 0 Å². The largest absolute Gasteiger partial charge is 1.00 e. The van der Waals surface area contributed by atoms with Gasteiger partial charge in [0.25, 0.3) is 5.97 Å². The molecule has 0 fully saturated rings. The second kappa shape index (κ2) is 5.18. The molecule has 0 saturated heterocycles. The fourth-order valence-corrected chi connectivity index (χ4v) is 0.219. The zero-order chi connectivity index (χ0) is 7.44. The molecule has 3 N–H and O–H groups in total. The standard InChI is InChI=1S/C4H5O5.Li/c5-2(4(8)9)1-3(6)7;/h5H,1H2,(H,6,7)(H,8,9);/q-1;+1. The molecule has 5 nitrogen and oxygen atoms in total. The maximum atomic E-state index is 9.68. The Morgan fingerprint density at radius 2 is 1.70 bits per heavy atom. The van der Waals surface area contributed by atoms with Gasteiger partial charge in [0.15, 0.2) is 5.97 Å². The van der Waals surface area contributed by atoms with Gasteiger partial charge in [0.2, 0.25) is 0 Å².